The molecule has 0 spiro atoms. The maximum absolute atomic E-state index is 11.6. The number of aromatic carboxylic acids is 1. The van der Waals surface area contributed by atoms with Crippen LogP contribution < -0.4 is 10.2 Å². The molecule has 5 heteroatoms. The molecule has 0 radical (unpaired) electrons. The summed E-state index contributed by atoms with van der Waals surface area (Å²) in [6.07, 6.45) is 1.94. The highest BCUT2D eigenvalue weighted by Crippen LogP contribution is 2.11. The van der Waals surface area contributed by atoms with Gasteiger partial charge in [0.2, 0.25) is 16.9 Å². The Morgan fingerprint density at radius 3 is 2.70 bits per heavy atom. The Labute approximate surface area is 115 Å². The monoisotopic (exact) mass is 274 g/mol. The average molecular weight is 274 g/mol. The number of carbonyl (C=O) groups is 1. The molecule has 0 aliphatic heterocycles. The third-order valence-corrected chi connectivity index (χ3v) is 2.80. The van der Waals surface area contributed by atoms with Gasteiger partial charge in [0.15, 0.2) is 0 Å². The van der Waals surface area contributed by atoms with Crippen molar-refractivity contribution in [2.45, 2.75) is 20.0 Å². The van der Waals surface area contributed by atoms with E-state index in [2.05, 4.69) is 6.92 Å². The second-order valence-corrected chi connectivity index (χ2v) is 4.24. The van der Waals surface area contributed by atoms with E-state index in [9.17, 15) is 9.59 Å². The lowest BCUT2D eigenvalue weighted by molar-refractivity contribution is 0.0658. The molecule has 1 aromatic carbocycles. The number of carboxylic acids is 1. The highest BCUT2D eigenvalue weighted by Gasteiger charge is 2.10. The molecule has 0 saturated carbocycles. The second-order valence-electron chi connectivity index (χ2n) is 4.24. The van der Waals surface area contributed by atoms with Gasteiger partial charge in [0.05, 0.1) is 0 Å². The topological polar surface area (TPSA) is 76.7 Å². The van der Waals surface area contributed by atoms with E-state index in [0.717, 1.165) is 24.3 Å². The standard InChI is InChI=1S/C15H14O5/c1-2-10-4-3-5-11(6-10)8-19-14-9-20-13(15(17)18)7-12(14)16/h3-7,9H,2,8H2,1H3,(H,17,18). The van der Waals surface area contributed by atoms with Gasteiger partial charge in [0.25, 0.3) is 0 Å². The highest BCUT2D eigenvalue weighted by atomic mass is 16.5. The molecule has 0 unspecified atom stereocenters. The molecular formula is C15H14O5. The third kappa shape index (κ3) is 3.26. The van der Waals surface area contributed by atoms with Crippen molar-refractivity contribution in [3.63, 3.8) is 0 Å². The van der Waals surface area contributed by atoms with E-state index < -0.39 is 17.2 Å². The van der Waals surface area contributed by atoms with E-state index in [4.69, 9.17) is 14.3 Å². The first-order chi connectivity index (χ1) is 9.60. The van der Waals surface area contributed by atoms with Gasteiger partial charge >= 0.3 is 5.97 Å². The summed E-state index contributed by atoms with van der Waals surface area (Å²) in [6.45, 7) is 2.28. The predicted octanol–water partition coefficient (Wildman–Crippen LogP) is 2.48. The fourth-order valence-electron chi connectivity index (χ4n) is 1.72. The number of rotatable bonds is 5. The first kappa shape index (κ1) is 13.9. The maximum Gasteiger partial charge on any atom is 0.371 e. The average Bonchev–Trinajstić information content (AvgIpc) is 2.46. The Balaban J connectivity index is 2.11. The van der Waals surface area contributed by atoms with Gasteiger partial charge in [-0.05, 0) is 17.5 Å². The van der Waals surface area contributed by atoms with E-state index in [1.807, 2.05) is 24.3 Å². The maximum atomic E-state index is 11.6. The smallest absolute Gasteiger partial charge is 0.371 e. The zero-order valence-electron chi connectivity index (χ0n) is 11.0. The summed E-state index contributed by atoms with van der Waals surface area (Å²) in [4.78, 5) is 22.3. The van der Waals surface area contributed by atoms with Gasteiger partial charge in [-0.3, -0.25) is 4.79 Å². The van der Waals surface area contributed by atoms with Crippen LogP contribution in [0.25, 0.3) is 0 Å². The fourth-order valence-corrected chi connectivity index (χ4v) is 1.72. The third-order valence-electron chi connectivity index (χ3n) is 2.80. The Hall–Kier alpha value is -2.56. The van der Waals surface area contributed by atoms with Crippen LogP contribution in [-0.4, -0.2) is 11.1 Å². The molecule has 20 heavy (non-hydrogen) atoms. The number of ether oxygens (including phenoxy) is 1. The quantitative estimate of drug-likeness (QED) is 0.906. The van der Waals surface area contributed by atoms with Crippen LogP contribution >= 0.6 is 0 Å². The van der Waals surface area contributed by atoms with Crippen molar-refractivity contribution in [2.75, 3.05) is 0 Å². The SMILES string of the molecule is CCc1cccc(COc2coc(C(=O)O)cc2=O)c1. The van der Waals surface area contributed by atoms with Crippen molar-refractivity contribution in [1.82, 2.24) is 0 Å². The molecule has 1 heterocycles. The van der Waals surface area contributed by atoms with Gasteiger partial charge in [-0.25, -0.2) is 4.79 Å². The number of benzene rings is 1. The molecule has 0 aliphatic rings. The minimum atomic E-state index is -1.29. The minimum Gasteiger partial charge on any atom is -0.482 e. The second kappa shape index (κ2) is 6.06. The molecule has 0 fully saturated rings. The summed E-state index contributed by atoms with van der Waals surface area (Å²) in [5.41, 5.74) is 1.60. The van der Waals surface area contributed by atoms with Crippen LogP contribution in [0, 0.1) is 0 Å². The zero-order valence-corrected chi connectivity index (χ0v) is 11.0. The Bertz CT molecular complexity index is 672. The molecular weight excluding hydrogens is 260 g/mol. The van der Waals surface area contributed by atoms with Crippen LogP contribution in [0.3, 0.4) is 0 Å². The Morgan fingerprint density at radius 1 is 1.30 bits per heavy atom. The van der Waals surface area contributed by atoms with E-state index in [1.165, 1.54) is 5.56 Å². The van der Waals surface area contributed by atoms with Gasteiger partial charge in [0, 0.05) is 6.07 Å². The van der Waals surface area contributed by atoms with E-state index in [-0.39, 0.29) is 12.4 Å². The van der Waals surface area contributed by atoms with E-state index in [0.29, 0.717) is 0 Å². The van der Waals surface area contributed by atoms with Crippen molar-refractivity contribution in [2.24, 2.45) is 0 Å². The molecule has 0 amide bonds. The number of hydrogen-bond donors (Lipinski definition) is 1. The molecule has 0 bridgehead atoms. The summed E-state index contributed by atoms with van der Waals surface area (Å²) in [7, 11) is 0. The molecule has 0 atom stereocenters. The van der Waals surface area contributed by atoms with Gasteiger partial charge in [-0.2, -0.15) is 0 Å². The lowest BCUT2D eigenvalue weighted by Crippen LogP contribution is -2.10. The zero-order chi connectivity index (χ0) is 14.5. The fraction of sp³-hybridized carbons (Fsp3) is 0.200. The molecule has 0 aliphatic carbocycles. The summed E-state index contributed by atoms with van der Waals surface area (Å²) < 4.78 is 10.2. The van der Waals surface area contributed by atoms with Crippen LogP contribution in [0.15, 0.2) is 45.8 Å². The largest absolute Gasteiger partial charge is 0.482 e. The molecule has 1 N–H and O–H groups in total. The first-order valence-electron chi connectivity index (χ1n) is 6.17. The summed E-state index contributed by atoms with van der Waals surface area (Å²) in [5, 5.41) is 8.69. The van der Waals surface area contributed by atoms with Gasteiger partial charge in [0.1, 0.15) is 12.9 Å². The Morgan fingerprint density at radius 2 is 2.05 bits per heavy atom. The number of aryl methyl sites for hydroxylation is 1. The number of hydrogen-bond acceptors (Lipinski definition) is 4. The van der Waals surface area contributed by atoms with Crippen LogP contribution in [0.5, 0.6) is 5.75 Å². The molecule has 2 rings (SSSR count). The summed E-state index contributed by atoms with van der Waals surface area (Å²) >= 11 is 0. The van der Waals surface area contributed by atoms with Gasteiger partial charge in [-0.15, -0.1) is 0 Å². The molecule has 2 aromatic rings. The minimum absolute atomic E-state index is 0.00287. The van der Waals surface area contributed by atoms with Crippen molar-refractivity contribution >= 4 is 5.97 Å². The van der Waals surface area contributed by atoms with Crippen molar-refractivity contribution in [1.29, 1.82) is 0 Å². The molecule has 104 valence electrons. The Kier molecular flexibility index (Phi) is 4.20. The first-order valence-corrected chi connectivity index (χ1v) is 6.17. The normalized spacial score (nSPS) is 10.2. The highest BCUT2D eigenvalue weighted by molar-refractivity contribution is 5.84. The van der Waals surface area contributed by atoms with Crippen LogP contribution in [0.4, 0.5) is 0 Å². The lowest BCUT2D eigenvalue weighted by Gasteiger charge is -2.06. The molecule has 1 aromatic heterocycles. The predicted molar refractivity (Wildman–Crippen MR) is 72.1 cm³/mol. The van der Waals surface area contributed by atoms with Crippen molar-refractivity contribution in [3.8, 4) is 5.75 Å². The lowest BCUT2D eigenvalue weighted by atomic mass is 10.1. The van der Waals surface area contributed by atoms with Gasteiger partial charge in [-0.1, -0.05) is 31.2 Å². The molecule has 5 nitrogen and oxygen atoms in total. The van der Waals surface area contributed by atoms with Crippen LogP contribution in [-0.2, 0) is 13.0 Å². The van der Waals surface area contributed by atoms with Crippen LogP contribution in [0.2, 0.25) is 0 Å². The number of carboxylic acid groups (broad SMARTS) is 1. The van der Waals surface area contributed by atoms with Crippen LogP contribution in [0.1, 0.15) is 28.6 Å². The van der Waals surface area contributed by atoms with E-state index in [1.54, 1.807) is 0 Å². The summed E-state index contributed by atoms with van der Waals surface area (Å²) in [6, 6.07) is 8.73. The van der Waals surface area contributed by atoms with Crippen molar-refractivity contribution in [3.05, 3.63) is 63.7 Å². The van der Waals surface area contributed by atoms with Gasteiger partial charge < -0.3 is 14.3 Å². The molecule has 0 saturated heterocycles. The summed E-state index contributed by atoms with van der Waals surface area (Å²) in [5.74, 6) is -1.70. The van der Waals surface area contributed by atoms with E-state index >= 15 is 0 Å². The van der Waals surface area contributed by atoms with Crippen molar-refractivity contribution < 1.29 is 19.1 Å².